The Bertz CT molecular complexity index is 809. The molecule has 7 heteroatoms. The van der Waals surface area contributed by atoms with Gasteiger partial charge in [-0.25, -0.2) is 4.98 Å². The topological polar surface area (TPSA) is 67.7 Å². The fraction of sp³-hybridized carbons (Fsp3) is 0.158. The van der Waals surface area contributed by atoms with Crippen LogP contribution in [-0.2, 0) is 19.1 Å². The molecule has 0 spiro atoms. The number of nitrogens with one attached hydrogen (secondary N) is 1. The van der Waals surface area contributed by atoms with Crippen molar-refractivity contribution < 1.29 is 13.2 Å². The fourth-order valence-corrected chi connectivity index (χ4v) is 2.40. The number of aromatic nitrogens is 2. The summed E-state index contributed by atoms with van der Waals surface area (Å²) in [6.07, 6.45) is 0.817. The molecule has 2 aromatic carbocycles. The molecule has 0 aliphatic heterocycles. The predicted molar refractivity (Wildman–Crippen MR) is 95.0 cm³/mol. The van der Waals surface area contributed by atoms with E-state index >= 15 is 0 Å². The van der Waals surface area contributed by atoms with E-state index in [1.165, 1.54) is 17.7 Å². The molecule has 26 heavy (non-hydrogen) atoms. The van der Waals surface area contributed by atoms with Crippen molar-refractivity contribution in [3.8, 4) is 0 Å². The molecule has 1 aromatic heterocycles. The van der Waals surface area contributed by atoms with Gasteiger partial charge in [0.25, 0.3) is 0 Å². The van der Waals surface area contributed by atoms with Crippen molar-refractivity contribution in [3.63, 3.8) is 0 Å². The number of alkyl halides is 3. The van der Waals surface area contributed by atoms with E-state index in [1.54, 1.807) is 6.33 Å². The lowest BCUT2D eigenvalue weighted by molar-refractivity contribution is -0.137. The second-order valence-corrected chi connectivity index (χ2v) is 5.56. The third kappa shape index (κ3) is 5.77. The molecule has 3 aromatic rings. The van der Waals surface area contributed by atoms with Gasteiger partial charge in [-0.1, -0.05) is 42.5 Å². The van der Waals surface area contributed by atoms with E-state index in [1.807, 2.05) is 41.1 Å². The Hall–Kier alpha value is -3.09. The summed E-state index contributed by atoms with van der Waals surface area (Å²) in [7, 11) is 0. The maximum atomic E-state index is 12.5. The molecule has 0 unspecified atom stereocenters. The van der Waals surface area contributed by atoms with Gasteiger partial charge >= 0.3 is 6.18 Å². The lowest BCUT2D eigenvalue weighted by atomic mass is 10.1. The molecule has 1 heterocycles. The lowest BCUT2D eigenvalue weighted by Crippen LogP contribution is -2.05. The van der Waals surface area contributed by atoms with Crippen LogP contribution in [0.3, 0.4) is 0 Å². The predicted octanol–water partition coefficient (Wildman–Crippen LogP) is 4.09. The number of hydrogen-bond donors (Lipinski definition) is 2. The number of nitrogens with two attached hydrogens (primary N) is 1. The number of imidazole rings is 1. The number of hydrogen-bond acceptors (Lipinski definition) is 2. The third-order valence-electron chi connectivity index (χ3n) is 3.56. The molecule has 0 amide bonds. The molecule has 3 N–H and O–H groups in total. The van der Waals surface area contributed by atoms with Crippen LogP contribution in [0.4, 0.5) is 13.2 Å². The molecule has 136 valence electrons. The molecule has 0 bridgehead atoms. The van der Waals surface area contributed by atoms with Gasteiger partial charge in [0.1, 0.15) is 0 Å². The Kier molecular flexibility index (Phi) is 6.54. The van der Waals surface area contributed by atoms with Crippen LogP contribution < -0.4 is 5.73 Å². The Labute approximate surface area is 149 Å². The van der Waals surface area contributed by atoms with Gasteiger partial charge in [-0.2, -0.15) is 13.2 Å². The summed E-state index contributed by atoms with van der Waals surface area (Å²) in [5, 5.41) is 5.86. The highest BCUT2D eigenvalue weighted by Crippen LogP contribution is 2.29. The van der Waals surface area contributed by atoms with Gasteiger partial charge in [0, 0.05) is 19.2 Å². The minimum Gasteiger partial charge on any atom is -0.390 e. The average molecular weight is 360 g/mol. The highest BCUT2D eigenvalue weighted by molar-refractivity contribution is 5.46. The van der Waals surface area contributed by atoms with Crippen LogP contribution in [0, 0.1) is 5.41 Å². The molecule has 0 atom stereocenters. The number of rotatable bonds is 4. The molecular weight excluding hydrogens is 341 g/mol. The van der Waals surface area contributed by atoms with Crippen LogP contribution >= 0.6 is 0 Å². The van der Waals surface area contributed by atoms with Gasteiger partial charge in [0.2, 0.25) is 0 Å². The van der Waals surface area contributed by atoms with Crippen molar-refractivity contribution in [1.82, 2.24) is 9.55 Å². The van der Waals surface area contributed by atoms with Crippen LogP contribution in [0.1, 0.15) is 22.4 Å². The molecule has 0 saturated heterocycles. The van der Waals surface area contributed by atoms with Gasteiger partial charge in [0.05, 0.1) is 23.9 Å². The Balaban J connectivity index is 0.000000758. The maximum absolute atomic E-state index is 12.5. The normalized spacial score (nSPS) is 10.7. The smallest absolute Gasteiger partial charge is 0.390 e. The molecule has 0 fully saturated rings. The first-order chi connectivity index (χ1) is 12.4. The summed E-state index contributed by atoms with van der Waals surface area (Å²) in [6.45, 7) is 0.500. The summed E-state index contributed by atoms with van der Waals surface area (Å²) < 4.78 is 39.5. The Morgan fingerprint density at radius 2 is 1.62 bits per heavy atom. The fourth-order valence-electron chi connectivity index (χ4n) is 2.40. The van der Waals surface area contributed by atoms with E-state index in [-0.39, 0.29) is 0 Å². The summed E-state index contributed by atoms with van der Waals surface area (Å²) in [5.74, 6) is 0. The average Bonchev–Trinajstić information content (AvgIpc) is 3.03. The van der Waals surface area contributed by atoms with Crippen LogP contribution in [-0.4, -0.2) is 15.9 Å². The van der Waals surface area contributed by atoms with E-state index in [0.717, 1.165) is 36.1 Å². The molecule has 0 radical (unpaired) electrons. The van der Waals surface area contributed by atoms with Crippen molar-refractivity contribution in [2.45, 2.75) is 19.1 Å². The van der Waals surface area contributed by atoms with E-state index in [9.17, 15) is 13.2 Å². The van der Waals surface area contributed by atoms with Crippen molar-refractivity contribution in [2.24, 2.45) is 5.73 Å². The van der Waals surface area contributed by atoms with Crippen molar-refractivity contribution in [2.75, 3.05) is 0 Å². The van der Waals surface area contributed by atoms with Gasteiger partial charge in [-0.15, -0.1) is 0 Å². The van der Waals surface area contributed by atoms with Crippen molar-refractivity contribution in [3.05, 3.63) is 89.5 Å². The van der Waals surface area contributed by atoms with E-state index in [0.29, 0.717) is 6.54 Å². The second-order valence-electron chi connectivity index (χ2n) is 5.56. The molecule has 0 aliphatic carbocycles. The second kappa shape index (κ2) is 8.84. The quantitative estimate of drug-likeness (QED) is 0.543. The van der Waals surface area contributed by atoms with Crippen LogP contribution in [0.2, 0.25) is 0 Å². The lowest BCUT2D eigenvalue weighted by Gasteiger charge is -2.08. The third-order valence-corrected chi connectivity index (χ3v) is 3.56. The zero-order valence-corrected chi connectivity index (χ0v) is 13.9. The zero-order chi connectivity index (χ0) is 19.0. The molecule has 3 rings (SSSR count). The summed E-state index contributed by atoms with van der Waals surface area (Å²) in [6, 6.07) is 15.2. The van der Waals surface area contributed by atoms with Gasteiger partial charge < -0.3 is 10.3 Å². The first-order valence-electron chi connectivity index (χ1n) is 7.83. The van der Waals surface area contributed by atoms with E-state index in [2.05, 4.69) is 10.7 Å². The summed E-state index contributed by atoms with van der Waals surface area (Å²) >= 11 is 0. The Morgan fingerprint density at radius 1 is 1.00 bits per heavy atom. The zero-order valence-electron chi connectivity index (χ0n) is 13.9. The highest BCUT2D eigenvalue weighted by Gasteiger charge is 2.29. The van der Waals surface area contributed by atoms with Crippen molar-refractivity contribution >= 4 is 6.34 Å². The SMILES string of the molecule is FC(F)(F)c1ccc(Cn2cnc(Cc3ccccc3)c2)cc1.N=CN. The Morgan fingerprint density at radius 3 is 2.19 bits per heavy atom. The minimum atomic E-state index is -4.30. The maximum Gasteiger partial charge on any atom is 0.416 e. The van der Waals surface area contributed by atoms with E-state index in [4.69, 9.17) is 5.41 Å². The monoisotopic (exact) mass is 360 g/mol. The van der Waals surface area contributed by atoms with Crippen LogP contribution in [0.15, 0.2) is 67.1 Å². The largest absolute Gasteiger partial charge is 0.416 e. The van der Waals surface area contributed by atoms with Gasteiger partial charge in [-0.05, 0) is 23.3 Å². The summed E-state index contributed by atoms with van der Waals surface area (Å²) in [5.41, 5.74) is 6.67. The first kappa shape index (κ1) is 19.2. The number of halogens is 3. The standard InChI is InChI=1S/C18H15F3N2.CH4N2/c19-18(20,21)16-8-6-15(7-9-16)11-23-12-17(22-13-23)10-14-4-2-1-3-5-14;2-1-3/h1-9,12-13H,10-11H2;1H,(H3,2,3). The molecular formula is C19H19F3N4. The van der Waals surface area contributed by atoms with Crippen molar-refractivity contribution in [1.29, 1.82) is 5.41 Å². The molecule has 4 nitrogen and oxygen atoms in total. The molecule has 0 saturated carbocycles. The van der Waals surface area contributed by atoms with Crippen LogP contribution in [0.25, 0.3) is 0 Å². The number of nitrogens with zero attached hydrogens (tertiary/aromatic N) is 2. The van der Waals surface area contributed by atoms with E-state index < -0.39 is 11.7 Å². The minimum absolute atomic E-state index is 0.500. The summed E-state index contributed by atoms with van der Waals surface area (Å²) in [4.78, 5) is 4.35. The molecule has 0 aliphatic rings. The first-order valence-corrected chi connectivity index (χ1v) is 7.83. The van der Waals surface area contributed by atoms with Crippen LogP contribution in [0.5, 0.6) is 0 Å². The van der Waals surface area contributed by atoms with Gasteiger partial charge in [-0.3, -0.25) is 5.41 Å². The van der Waals surface area contributed by atoms with Gasteiger partial charge in [0.15, 0.2) is 0 Å². The number of benzene rings is 2. The highest BCUT2D eigenvalue weighted by atomic mass is 19.4.